The second kappa shape index (κ2) is 5.46. The molecule has 5 nitrogen and oxygen atoms in total. The normalized spacial score (nSPS) is 16.3. The maximum atomic E-state index is 13.5. The van der Waals surface area contributed by atoms with E-state index in [1.165, 1.54) is 13.8 Å². The van der Waals surface area contributed by atoms with Crippen LogP contribution >= 0.6 is 0 Å². The highest BCUT2D eigenvalue weighted by Gasteiger charge is 2.63. The van der Waals surface area contributed by atoms with Gasteiger partial charge in [0.2, 0.25) is 0 Å². The van der Waals surface area contributed by atoms with Crippen LogP contribution in [0.15, 0.2) is 23.1 Å². The van der Waals surface area contributed by atoms with E-state index in [0.29, 0.717) is 11.1 Å². The average Bonchev–Trinajstić information content (AvgIpc) is 2.24. The van der Waals surface area contributed by atoms with Crippen LogP contribution in [0.3, 0.4) is 0 Å². The quantitative estimate of drug-likeness (QED) is 0.832. The number of benzene rings is 1. The Bertz CT molecular complexity index is 763. The van der Waals surface area contributed by atoms with E-state index in [2.05, 4.69) is 0 Å². The van der Waals surface area contributed by atoms with Gasteiger partial charge in [0, 0.05) is 0 Å². The summed E-state index contributed by atoms with van der Waals surface area (Å²) in [5.41, 5.74) is 0.883. The van der Waals surface area contributed by atoms with E-state index in [0.717, 1.165) is 16.3 Å². The van der Waals surface area contributed by atoms with Crippen LogP contribution in [-0.2, 0) is 20.0 Å². The smallest absolute Gasteiger partial charge is 0.215 e. The Morgan fingerprint density at radius 2 is 1.32 bits per heavy atom. The predicted molar refractivity (Wildman–Crippen MR) is 70.7 cm³/mol. The third-order valence-corrected chi connectivity index (χ3v) is 6.59. The number of sulfonamides is 2. The number of nitrogens with one attached hydrogen (secondary N) is 1. The standard InChI is InChI=1S/C11H13F4NO4S2/c1-7-4-8(2)6-9(5-7)21(17,18)16-22(19,20)10(3,12)11(13,14)15/h4-6,16H,1-3H3. The number of hydrogen-bond acceptors (Lipinski definition) is 4. The van der Waals surface area contributed by atoms with Crippen LogP contribution in [0, 0.1) is 13.8 Å². The van der Waals surface area contributed by atoms with E-state index >= 15 is 0 Å². The van der Waals surface area contributed by atoms with Gasteiger partial charge >= 0.3 is 11.2 Å². The zero-order chi connectivity index (χ0) is 17.6. The van der Waals surface area contributed by atoms with Crippen LogP contribution < -0.4 is 4.13 Å². The summed E-state index contributed by atoms with van der Waals surface area (Å²) in [6.07, 6.45) is -5.79. The minimum atomic E-state index is -5.88. The molecule has 22 heavy (non-hydrogen) atoms. The van der Waals surface area contributed by atoms with Crippen LogP contribution in [0.2, 0.25) is 0 Å². The summed E-state index contributed by atoms with van der Waals surface area (Å²) < 4.78 is 98.4. The fraction of sp³-hybridized carbons (Fsp3) is 0.455. The van der Waals surface area contributed by atoms with Gasteiger partial charge < -0.3 is 0 Å². The van der Waals surface area contributed by atoms with Crippen LogP contribution in [0.25, 0.3) is 0 Å². The Morgan fingerprint density at radius 1 is 0.909 bits per heavy atom. The molecule has 0 saturated heterocycles. The fourth-order valence-corrected chi connectivity index (χ4v) is 4.66. The molecule has 0 fully saturated rings. The molecular weight excluding hydrogens is 350 g/mol. The monoisotopic (exact) mass is 363 g/mol. The van der Waals surface area contributed by atoms with Crippen molar-refractivity contribution in [2.24, 2.45) is 0 Å². The lowest BCUT2D eigenvalue weighted by atomic mass is 10.2. The molecule has 1 atom stereocenters. The number of hydrogen-bond donors (Lipinski definition) is 1. The second-order valence-corrected chi connectivity index (χ2v) is 8.75. The molecular formula is C11H13F4NO4S2. The van der Waals surface area contributed by atoms with Crippen LogP contribution in [0.5, 0.6) is 0 Å². The van der Waals surface area contributed by atoms with Gasteiger partial charge in [-0.15, -0.1) is 4.13 Å². The Morgan fingerprint density at radius 3 is 1.68 bits per heavy atom. The van der Waals surface area contributed by atoms with E-state index in [-0.39, 0.29) is 6.92 Å². The van der Waals surface area contributed by atoms with Gasteiger partial charge in [0.15, 0.2) is 0 Å². The molecule has 0 aliphatic rings. The van der Waals surface area contributed by atoms with Gasteiger partial charge in [-0.05, 0) is 44.0 Å². The highest BCUT2D eigenvalue weighted by Crippen LogP contribution is 2.38. The van der Waals surface area contributed by atoms with Crippen LogP contribution in [-0.4, -0.2) is 28.0 Å². The summed E-state index contributed by atoms with van der Waals surface area (Å²) in [4.78, 5) is -0.577. The molecule has 0 heterocycles. The molecule has 0 bridgehead atoms. The van der Waals surface area contributed by atoms with Crippen LogP contribution in [0.4, 0.5) is 17.6 Å². The Labute approximate surface area is 125 Å². The molecule has 11 heteroatoms. The molecule has 1 aromatic carbocycles. The minimum absolute atomic E-state index is 0.271. The van der Waals surface area contributed by atoms with Crippen LogP contribution in [0.1, 0.15) is 18.1 Å². The van der Waals surface area contributed by atoms with E-state index in [1.54, 1.807) is 6.07 Å². The lowest BCUT2D eigenvalue weighted by Gasteiger charge is -2.23. The number of rotatable bonds is 4. The first-order valence-electron chi connectivity index (χ1n) is 5.72. The van der Waals surface area contributed by atoms with Gasteiger partial charge in [0.05, 0.1) is 4.90 Å². The zero-order valence-electron chi connectivity index (χ0n) is 11.7. The molecule has 1 unspecified atom stereocenters. The molecule has 0 aromatic heterocycles. The van der Waals surface area contributed by atoms with Crippen molar-refractivity contribution in [2.75, 3.05) is 0 Å². The molecule has 0 amide bonds. The minimum Gasteiger partial charge on any atom is -0.215 e. The Kier molecular flexibility index (Phi) is 4.68. The Hall–Kier alpha value is -1.20. The van der Waals surface area contributed by atoms with Crippen molar-refractivity contribution in [3.05, 3.63) is 29.3 Å². The van der Waals surface area contributed by atoms with Crippen molar-refractivity contribution >= 4 is 20.0 Å². The van der Waals surface area contributed by atoms with Gasteiger partial charge in [-0.3, -0.25) is 0 Å². The van der Waals surface area contributed by atoms with Crippen molar-refractivity contribution in [2.45, 2.75) is 36.8 Å². The van der Waals surface area contributed by atoms with E-state index in [9.17, 15) is 34.4 Å². The summed E-state index contributed by atoms with van der Waals surface area (Å²) in [5, 5.41) is -4.76. The average molecular weight is 363 g/mol. The topological polar surface area (TPSA) is 80.3 Å². The number of aryl methyl sites for hydroxylation is 2. The third-order valence-electron chi connectivity index (χ3n) is 2.74. The van der Waals surface area contributed by atoms with E-state index in [4.69, 9.17) is 0 Å². The molecule has 0 radical (unpaired) electrons. The lowest BCUT2D eigenvalue weighted by molar-refractivity contribution is -0.191. The van der Waals surface area contributed by atoms with Gasteiger partial charge in [-0.1, -0.05) is 6.07 Å². The van der Waals surface area contributed by atoms with Crippen molar-refractivity contribution in [3.63, 3.8) is 0 Å². The maximum Gasteiger partial charge on any atom is 0.438 e. The van der Waals surface area contributed by atoms with Crippen molar-refractivity contribution in [3.8, 4) is 0 Å². The van der Waals surface area contributed by atoms with Gasteiger partial charge in [0.1, 0.15) is 0 Å². The summed E-state index contributed by atoms with van der Waals surface area (Å²) in [5.74, 6) is 0. The number of alkyl halides is 4. The highest BCUT2D eigenvalue weighted by atomic mass is 32.3. The molecule has 1 rings (SSSR count). The number of halogens is 4. The molecule has 0 aliphatic heterocycles. The molecule has 0 spiro atoms. The summed E-state index contributed by atoms with van der Waals surface area (Å²) in [6, 6.07) is 3.67. The first-order valence-corrected chi connectivity index (χ1v) is 8.69. The molecule has 1 aromatic rings. The molecule has 0 saturated carbocycles. The molecule has 0 aliphatic carbocycles. The highest BCUT2D eigenvalue weighted by molar-refractivity contribution is 8.05. The second-order valence-electron chi connectivity index (χ2n) is 4.83. The SMILES string of the molecule is Cc1cc(C)cc(S(=O)(=O)NS(=O)(=O)C(C)(F)C(F)(F)F)c1. The fourth-order valence-electron chi connectivity index (χ4n) is 1.51. The summed E-state index contributed by atoms with van der Waals surface area (Å²) >= 11 is 0. The van der Waals surface area contributed by atoms with Crippen molar-refractivity contribution < 1.29 is 34.4 Å². The van der Waals surface area contributed by atoms with Gasteiger partial charge in [0.25, 0.3) is 20.0 Å². The van der Waals surface area contributed by atoms with Gasteiger partial charge in [-0.2, -0.15) is 13.2 Å². The Balaban J connectivity index is 3.33. The van der Waals surface area contributed by atoms with E-state index < -0.39 is 36.1 Å². The van der Waals surface area contributed by atoms with Gasteiger partial charge in [-0.25, -0.2) is 21.2 Å². The zero-order valence-corrected chi connectivity index (χ0v) is 13.3. The molecule has 126 valence electrons. The van der Waals surface area contributed by atoms with Crippen molar-refractivity contribution in [1.29, 1.82) is 0 Å². The van der Waals surface area contributed by atoms with E-state index in [1.807, 2.05) is 0 Å². The predicted octanol–water partition coefficient (Wildman–Crippen LogP) is 2.16. The third kappa shape index (κ3) is 3.58. The molecule has 1 N–H and O–H groups in total. The first-order chi connectivity index (χ1) is 9.60. The largest absolute Gasteiger partial charge is 0.438 e. The first kappa shape index (κ1) is 18.8. The maximum absolute atomic E-state index is 13.5. The summed E-state index contributed by atoms with van der Waals surface area (Å²) in [6.45, 7) is 2.75. The van der Waals surface area contributed by atoms with Crippen molar-refractivity contribution in [1.82, 2.24) is 4.13 Å². The summed E-state index contributed by atoms with van der Waals surface area (Å²) in [7, 11) is -10.8. The lowest BCUT2D eigenvalue weighted by Crippen LogP contribution is -2.52.